The zero-order chi connectivity index (χ0) is 11.4. The van der Waals surface area contributed by atoms with Crippen molar-refractivity contribution in [3.8, 4) is 0 Å². The van der Waals surface area contributed by atoms with Crippen molar-refractivity contribution in [1.82, 2.24) is 10.3 Å². The van der Waals surface area contributed by atoms with Crippen LogP contribution in [0.1, 0.15) is 17.5 Å². The summed E-state index contributed by atoms with van der Waals surface area (Å²) in [6, 6.07) is 8.57. The number of hydrogen-bond donors (Lipinski definition) is 2. The fraction of sp³-hybridized carbons (Fsp3) is 0.417. The molecule has 0 atom stereocenters. The number of nitrogens with two attached hydrogens (primary N) is 1. The van der Waals surface area contributed by atoms with Crippen molar-refractivity contribution in [3.05, 3.63) is 35.4 Å². The molecular weight excluding hydrogens is 200 g/mol. The maximum atomic E-state index is 5.46. The Morgan fingerprint density at radius 1 is 1.38 bits per heavy atom. The van der Waals surface area contributed by atoms with Gasteiger partial charge in [-0.05, 0) is 24.0 Å². The summed E-state index contributed by atoms with van der Waals surface area (Å²) in [4.78, 5) is 6.34. The summed E-state index contributed by atoms with van der Waals surface area (Å²) >= 11 is 0. The van der Waals surface area contributed by atoms with Gasteiger partial charge in [0.25, 0.3) is 0 Å². The smallest absolute Gasteiger partial charge is 0.208 e. The Labute approximate surface area is 96.1 Å². The molecular formula is C12H18N4. The quantitative estimate of drug-likeness (QED) is 0.294. The van der Waals surface area contributed by atoms with Gasteiger partial charge in [-0.25, -0.2) is 5.84 Å². The minimum Gasteiger partial charge on any atom is -0.338 e. The maximum absolute atomic E-state index is 5.46. The van der Waals surface area contributed by atoms with Gasteiger partial charge in [0.15, 0.2) is 0 Å². The Balaban J connectivity index is 2.22. The Bertz CT molecular complexity index is 386. The molecule has 0 bridgehead atoms. The molecule has 3 N–H and O–H groups in total. The number of hydrazine groups is 1. The zero-order valence-electron chi connectivity index (χ0n) is 9.61. The van der Waals surface area contributed by atoms with E-state index in [1.165, 1.54) is 11.1 Å². The summed E-state index contributed by atoms with van der Waals surface area (Å²) in [6.07, 6.45) is 2.27. The van der Waals surface area contributed by atoms with Gasteiger partial charge in [-0.2, -0.15) is 0 Å². The van der Waals surface area contributed by atoms with Crippen LogP contribution >= 0.6 is 0 Å². The van der Waals surface area contributed by atoms with Crippen LogP contribution in [0.4, 0.5) is 0 Å². The van der Waals surface area contributed by atoms with Gasteiger partial charge in [0.05, 0.1) is 0 Å². The van der Waals surface area contributed by atoms with Crippen molar-refractivity contribution >= 4 is 5.96 Å². The number of rotatable bonds is 0. The van der Waals surface area contributed by atoms with Crippen molar-refractivity contribution in [2.45, 2.75) is 19.4 Å². The molecule has 1 aliphatic heterocycles. The summed E-state index contributed by atoms with van der Waals surface area (Å²) in [5.41, 5.74) is 5.47. The summed E-state index contributed by atoms with van der Waals surface area (Å²) in [5, 5.41) is 0. The number of nitrogens with one attached hydrogen (secondary N) is 1. The largest absolute Gasteiger partial charge is 0.338 e. The van der Waals surface area contributed by atoms with Gasteiger partial charge >= 0.3 is 0 Å². The van der Waals surface area contributed by atoms with Gasteiger partial charge < -0.3 is 4.90 Å². The average Bonchev–Trinajstić information content (AvgIpc) is 2.53. The van der Waals surface area contributed by atoms with Crippen LogP contribution in [-0.4, -0.2) is 24.5 Å². The molecule has 0 aromatic heterocycles. The number of benzene rings is 1. The molecule has 1 heterocycles. The van der Waals surface area contributed by atoms with E-state index in [-0.39, 0.29) is 0 Å². The zero-order valence-corrected chi connectivity index (χ0v) is 9.61. The predicted octanol–water partition coefficient (Wildman–Crippen LogP) is 0.884. The van der Waals surface area contributed by atoms with Crippen LogP contribution in [-0.2, 0) is 13.0 Å². The lowest BCUT2D eigenvalue weighted by atomic mass is 10.0. The highest BCUT2D eigenvalue weighted by Gasteiger charge is 2.15. The van der Waals surface area contributed by atoms with Crippen molar-refractivity contribution in [1.29, 1.82) is 0 Å². The first-order valence-electron chi connectivity index (χ1n) is 5.60. The van der Waals surface area contributed by atoms with E-state index >= 15 is 0 Å². The van der Waals surface area contributed by atoms with E-state index in [1.54, 1.807) is 7.05 Å². The lowest BCUT2D eigenvalue weighted by molar-refractivity contribution is 0.402. The second kappa shape index (κ2) is 4.99. The Morgan fingerprint density at radius 3 is 2.81 bits per heavy atom. The maximum Gasteiger partial charge on any atom is 0.208 e. The summed E-state index contributed by atoms with van der Waals surface area (Å²) in [7, 11) is 1.76. The molecule has 0 amide bonds. The molecule has 0 aliphatic carbocycles. The van der Waals surface area contributed by atoms with Crippen LogP contribution in [0, 0.1) is 0 Å². The van der Waals surface area contributed by atoms with Gasteiger partial charge in [0, 0.05) is 20.1 Å². The van der Waals surface area contributed by atoms with Crippen molar-refractivity contribution in [3.63, 3.8) is 0 Å². The molecule has 0 spiro atoms. The summed E-state index contributed by atoms with van der Waals surface area (Å²) < 4.78 is 0. The number of guanidine groups is 1. The average molecular weight is 218 g/mol. The first-order valence-corrected chi connectivity index (χ1v) is 5.60. The molecule has 0 saturated heterocycles. The van der Waals surface area contributed by atoms with Crippen LogP contribution in [0.15, 0.2) is 29.3 Å². The van der Waals surface area contributed by atoms with Gasteiger partial charge in [0.1, 0.15) is 0 Å². The van der Waals surface area contributed by atoms with E-state index in [2.05, 4.69) is 39.6 Å². The fourth-order valence-corrected chi connectivity index (χ4v) is 2.18. The lowest BCUT2D eigenvalue weighted by Crippen LogP contribution is -2.44. The Kier molecular flexibility index (Phi) is 3.41. The lowest BCUT2D eigenvalue weighted by Gasteiger charge is -2.23. The first kappa shape index (κ1) is 11.0. The van der Waals surface area contributed by atoms with Crippen molar-refractivity contribution < 1.29 is 0 Å². The van der Waals surface area contributed by atoms with E-state index in [4.69, 9.17) is 5.84 Å². The van der Waals surface area contributed by atoms with Crippen molar-refractivity contribution in [2.75, 3.05) is 13.6 Å². The van der Waals surface area contributed by atoms with Crippen LogP contribution < -0.4 is 11.3 Å². The highest BCUT2D eigenvalue weighted by molar-refractivity contribution is 5.79. The van der Waals surface area contributed by atoms with Crippen molar-refractivity contribution in [2.24, 2.45) is 10.8 Å². The van der Waals surface area contributed by atoms with E-state index in [0.717, 1.165) is 31.9 Å². The standard InChI is InChI=1S/C12H18N4/c1-14-12(15-13)16-8-4-7-10-5-2-3-6-11(10)9-16/h2-3,5-6H,4,7-9,13H2,1H3,(H,14,15). The number of aryl methyl sites for hydroxylation is 1. The highest BCUT2D eigenvalue weighted by Crippen LogP contribution is 2.18. The number of fused-ring (bicyclic) bond motifs is 1. The first-order chi connectivity index (χ1) is 7.85. The number of nitrogens with zero attached hydrogens (tertiary/aromatic N) is 2. The molecule has 0 unspecified atom stereocenters. The number of aliphatic imine (C=N–C) groups is 1. The molecule has 0 saturated carbocycles. The topological polar surface area (TPSA) is 53.6 Å². The second-order valence-electron chi connectivity index (χ2n) is 3.99. The molecule has 4 nitrogen and oxygen atoms in total. The molecule has 4 heteroatoms. The molecule has 1 aromatic carbocycles. The fourth-order valence-electron chi connectivity index (χ4n) is 2.18. The third kappa shape index (κ3) is 2.17. The van der Waals surface area contributed by atoms with Gasteiger partial charge in [-0.15, -0.1) is 0 Å². The minimum absolute atomic E-state index is 0.761. The molecule has 1 aliphatic rings. The second-order valence-corrected chi connectivity index (χ2v) is 3.99. The van der Waals surface area contributed by atoms with Crippen LogP contribution in [0.3, 0.4) is 0 Å². The van der Waals surface area contributed by atoms with E-state index in [1.807, 2.05) is 0 Å². The Hall–Kier alpha value is -1.55. The summed E-state index contributed by atoms with van der Waals surface area (Å²) in [6.45, 7) is 1.87. The van der Waals surface area contributed by atoms with E-state index < -0.39 is 0 Å². The summed E-state index contributed by atoms with van der Waals surface area (Å²) in [5.74, 6) is 6.22. The Morgan fingerprint density at radius 2 is 2.12 bits per heavy atom. The molecule has 0 radical (unpaired) electrons. The highest BCUT2D eigenvalue weighted by atomic mass is 15.4. The molecule has 0 fully saturated rings. The minimum atomic E-state index is 0.761. The third-order valence-corrected chi connectivity index (χ3v) is 2.99. The molecule has 16 heavy (non-hydrogen) atoms. The monoisotopic (exact) mass is 218 g/mol. The van der Waals surface area contributed by atoms with E-state index in [0.29, 0.717) is 0 Å². The van der Waals surface area contributed by atoms with Crippen LogP contribution in [0.25, 0.3) is 0 Å². The van der Waals surface area contributed by atoms with E-state index in [9.17, 15) is 0 Å². The molecule has 1 aromatic rings. The van der Waals surface area contributed by atoms with Gasteiger partial charge in [-0.1, -0.05) is 24.3 Å². The van der Waals surface area contributed by atoms with Gasteiger partial charge in [0.2, 0.25) is 5.96 Å². The number of hydrogen-bond acceptors (Lipinski definition) is 2. The molecule has 2 rings (SSSR count). The van der Waals surface area contributed by atoms with Crippen LogP contribution in [0.2, 0.25) is 0 Å². The van der Waals surface area contributed by atoms with Gasteiger partial charge in [-0.3, -0.25) is 10.4 Å². The van der Waals surface area contributed by atoms with Crippen LogP contribution in [0.5, 0.6) is 0 Å². The predicted molar refractivity (Wildman–Crippen MR) is 65.9 cm³/mol. The third-order valence-electron chi connectivity index (χ3n) is 2.99. The SMILES string of the molecule is CN=C(NN)N1CCCc2ccccc2C1. The molecule has 86 valence electrons. The normalized spacial score (nSPS) is 16.6.